The number of amides is 1. The molecule has 0 saturated carbocycles. The van der Waals surface area contributed by atoms with E-state index in [4.69, 9.17) is 11.6 Å². The molecule has 2 aromatic heterocycles. The van der Waals surface area contributed by atoms with E-state index >= 15 is 0 Å². The molecule has 0 unspecified atom stereocenters. The molecule has 1 N–H and O–H groups in total. The smallest absolute Gasteiger partial charge is 0.264 e. The number of benzene rings is 1. The van der Waals surface area contributed by atoms with Gasteiger partial charge in [-0.2, -0.15) is 0 Å². The van der Waals surface area contributed by atoms with Crippen molar-refractivity contribution in [1.29, 1.82) is 0 Å². The van der Waals surface area contributed by atoms with Crippen LogP contribution in [0.4, 0.5) is 0 Å². The zero-order valence-electron chi connectivity index (χ0n) is 11.2. The normalized spacial score (nSPS) is 14.4. The largest absolute Gasteiger partial charge is 0.358 e. The second-order valence-corrected chi connectivity index (χ2v) is 6.61. The minimum atomic E-state index is 0.124. The number of rotatable bonds is 1. The zero-order valence-corrected chi connectivity index (χ0v) is 12.8. The van der Waals surface area contributed by atoms with Crippen LogP contribution in [0.3, 0.4) is 0 Å². The first-order valence-electron chi connectivity index (χ1n) is 6.84. The Morgan fingerprint density at radius 3 is 3.05 bits per heavy atom. The zero-order chi connectivity index (χ0) is 14.4. The van der Waals surface area contributed by atoms with Crippen LogP contribution in [0.15, 0.2) is 35.7 Å². The van der Waals surface area contributed by atoms with Crippen molar-refractivity contribution in [3.63, 3.8) is 0 Å². The highest BCUT2D eigenvalue weighted by molar-refractivity contribution is 7.12. The first-order chi connectivity index (χ1) is 10.2. The number of nitrogens with one attached hydrogen (secondary N) is 1. The predicted octanol–water partition coefficient (Wildman–Crippen LogP) is 4.08. The summed E-state index contributed by atoms with van der Waals surface area (Å²) in [5, 5.41) is 3.83. The van der Waals surface area contributed by atoms with Gasteiger partial charge < -0.3 is 9.88 Å². The molecule has 0 radical (unpaired) electrons. The lowest BCUT2D eigenvalue weighted by molar-refractivity contribution is 0.0740. The van der Waals surface area contributed by atoms with Crippen molar-refractivity contribution < 1.29 is 4.79 Å². The van der Waals surface area contributed by atoms with Crippen molar-refractivity contribution in [3.8, 4) is 0 Å². The maximum Gasteiger partial charge on any atom is 0.264 e. The number of carbonyl (C=O) groups is 1. The van der Waals surface area contributed by atoms with E-state index in [1.807, 2.05) is 40.6 Å². The quantitative estimate of drug-likeness (QED) is 0.721. The van der Waals surface area contributed by atoms with Gasteiger partial charge in [0.05, 0.1) is 4.88 Å². The molecular weight excluding hydrogens is 304 g/mol. The number of H-pyrrole nitrogens is 1. The topological polar surface area (TPSA) is 36.1 Å². The minimum Gasteiger partial charge on any atom is -0.358 e. The van der Waals surface area contributed by atoms with E-state index in [-0.39, 0.29) is 5.91 Å². The van der Waals surface area contributed by atoms with E-state index in [2.05, 4.69) is 4.98 Å². The number of aromatic nitrogens is 1. The molecule has 1 aliphatic heterocycles. The van der Waals surface area contributed by atoms with Gasteiger partial charge in [-0.1, -0.05) is 23.7 Å². The van der Waals surface area contributed by atoms with Gasteiger partial charge in [-0.15, -0.1) is 11.3 Å². The minimum absolute atomic E-state index is 0.124. The van der Waals surface area contributed by atoms with Gasteiger partial charge in [-0.05, 0) is 23.6 Å². The molecule has 0 fully saturated rings. The highest BCUT2D eigenvalue weighted by Crippen LogP contribution is 2.30. The summed E-state index contributed by atoms with van der Waals surface area (Å²) in [5.74, 6) is 0.124. The molecule has 3 nitrogen and oxygen atoms in total. The van der Waals surface area contributed by atoms with Gasteiger partial charge in [0.25, 0.3) is 5.91 Å². The monoisotopic (exact) mass is 316 g/mol. The summed E-state index contributed by atoms with van der Waals surface area (Å²) >= 11 is 7.54. The average Bonchev–Trinajstić information content (AvgIpc) is 3.12. The molecule has 0 atom stereocenters. The summed E-state index contributed by atoms with van der Waals surface area (Å²) in [4.78, 5) is 18.7. The molecule has 0 aliphatic carbocycles. The number of carbonyl (C=O) groups excluding carboxylic acids is 1. The molecule has 1 aliphatic rings. The second kappa shape index (κ2) is 4.90. The number of fused-ring (bicyclic) bond motifs is 3. The molecule has 1 aromatic carbocycles. The summed E-state index contributed by atoms with van der Waals surface area (Å²) in [6.07, 6.45) is 0.860. The summed E-state index contributed by atoms with van der Waals surface area (Å²) in [6.45, 7) is 1.41. The van der Waals surface area contributed by atoms with Gasteiger partial charge in [0.15, 0.2) is 0 Å². The number of aromatic amines is 1. The van der Waals surface area contributed by atoms with Crippen molar-refractivity contribution in [3.05, 3.63) is 56.9 Å². The average molecular weight is 317 g/mol. The molecular formula is C16H13ClN2OS. The van der Waals surface area contributed by atoms with Crippen molar-refractivity contribution in [2.75, 3.05) is 6.54 Å². The van der Waals surface area contributed by atoms with Crippen molar-refractivity contribution in [2.24, 2.45) is 0 Å². The number of nitrogens with zero attached hydrogens (tertiary/aromatic N) is 1. The third kappa shape index (κ3) is 2.15. The van der Waals surface area contributed by atoms with E-state index in [0.29, 0.717) is 6.54 Å². The number of thiophene rings is 1. The maximum absolute atomic E-state index is 12.5. The third-order valence-corrected chi connectivity index (χ3v) is 5.05. The summed E-state index contributed by atoms with van der Waals surface area (Å²) in [5.41, 5.74) is 3.50. The predicted molar refractivity (Wildman–Crippen MR) is 86.1 cm³/mol. The van der Waals surface area contributed by atoms with Gasteiger partial charge in [0.2, 0.25) is 0 Å². The first kappa shape index (κ1) is 12.9. The van der Waals surface area contributed by atoms with Crippen LogP contribution in [0.2, 0.25) is 5.02 Å². The van der Waals surface area contributed by atoms with Crippen LogP contribution in [-0.2, 0) is 13.0 Å². The molecule has 1 amide bonds. The highest BCUT2D eigenvalue weighted by atomic mass is 35.5. The first-order valence-corrected chi connectivity index (χ1v) is 8.10. The van der Waals surface area contributed by atoms with Crippen molar-refractivity contribution in [1.82, 2.24) is 9.88 Å². The fourth-order valence-electron chi connectivity index (χ4n) is 2.92. The molecule has 106 valence electrons. The molecule has 5 heteroatoms. The summed E-state index contributed by atoms with van der Waals surface area (Å²) in [7, 11) is 0. The number of hydrogen-bond acceptors (Lipinski definition) is 2. The fourth-order valence-corrected chi connectivity index (χ4v) is 3.79. The lowest BCUT2D eigenvalue weighted by Crippen LogP contribution is -2.35. The van der Waals surface area contributed by atoms with Crippen LogP contribution in [-0.4, -0.2) is 22.3 Å². The van der Waals surface area contributed by atoms with Gasteiger partial charge in [-0.25, -0.2) is 0 Å². The lowest BCUT2D eigenvalue weighted by atomic mass is 10.0. The molecule has 4 rings (SSSR count). The number of hydrogen-bond donors (Lipinski definition) is 1. The van der Waals surface area contributed by atoms with Crippen LogP contribution in [0.25, 0.3) is 10.9 Å². The van der Waals surface area contributed by atoms with E-state index < -0.39 is 0 Å². The molecule has 0 spiro atoms. The molecule has 21 heavy (non-hydrogen) atoms. The fraction of sp³-hybridized carbons (Fsp3) is 0.188. The molecule has 3 aromatic rings. The van der Waals surface area contributed by atoms with Crippen LogP contribution < -0.4 is 0 Å². The van der Waals surface area contributed by atoms with Crippen LogP contribution >= 0.6 is 22.9 Å². The molecule has 0 saturated heterocycles. The Kier molecular flexibility index (Phi) is 3.01. The molecule has 0 bridgehead atoms. The van der Waals surface area contributed by atoms with Crippen molar-refractivity contribution in [2.45, 2.75) is 13.0 Å². The third-order valence-electron chi connectivity index (χ3n) is 3.96. The van der Waals surface area contributed by atoms with Crippen LogP contribution in [0.1, 0.15) is 20.9 Å². The summed E-state index contributed by atoms with van der Waals surface area (Å²) < 4.78 is 0. The Hall–Kier alpha value is -1.78. The number of halogens is 1. The van der Waals surface area contributed by atoms with E-state index in [1.54, 1.807) is 0 Å². The van der Waals surface area contributed by atoms with Gasteiger partial charge in [0.1, 0.15) is 0 Å². The summed E-state index contributed by atoms with van der Waals surface area (Å²) in [6, 6.07) is 9.68. The Labute approximate surface area is 131 Å². The Morgan fingerprint density at radius 1 is 1.33 bits per heavy atom. The van der Waals surface area contributed by atoms with Crippen LogP contribution in [0, 0.1) is 0 Å². The highest BCUT2D eigenvalue weighted by Gasteiger charge is 2.25. The Morgan fingerprint density at radius 2 is 2.24 bits per heavy atom. The maximum atomic E-state index is 12.5. The van der Waals surface area contributed by atoms with Crippen molar-refractivity contribution >= 4 is 39.7 Å². The second-order valence-electron chi connectivity index (χ2n) is 5.23. The Balaban J connectivity index is 1.71. The van der Waals surface area contributed by atoms with E-state index in [9.17, 15) is 4.79 Å². The van der Waals surface area contributed by atoms with E-state index in [1.165, 1.54) is 22.6 Å². The van der Waals surface area contributed by atoms with Gasteiger partial charge in [-0.3, -0.25) is 4.79 Å². The molecule has 3 heterocycles. The Bertz CT molecular complexity index is 822. The van der Waals surface area contributed by atoms with Gasteiger partial charge >= 0.3 is 0 Å². The van der Waals surface area contributed by atoms with E-state index in [0.717, 1.165) is 33.8 Å². The van der Waals surface area contributed by atoms with Crippen LogP contribution in [0.5, 0.6) is 0 Å². The van der Waals surface area contributed by atoms with Gasteiger partial charge in [0, 0.05) is 46.7 Å². The SMILES string of the molecule is O=C(c1cccs1)N1CCc2[nH]c3cc(Cl)ccc3c2C1. The standard InChI is InChI=1S/C16H13ClN2OS/c17-10-3-4-11-12-9-19(16(20)15-2-1-7-21-15)6-5-13(12)18-14(11)8-10/h1-4,7-8,18H,5-6,9H2. The lowest BCUT2D eigenvalue weighted by Gasteiger charge is -2.26.